The molecular formula is C15H20N2O4. The van der Waals surface area contributed by atoms with Gasteiger partial charge in [0, 0.05) is 13.6 Å². The molecule has 1 N–H and O–H groups in total. The SMILES string of the molecule is CN(C(=O)OCc1ccccc1)C(=O)C1CC(O)CN1C. The zero-order chi connectivity index (χ0) is 15.4. The van der Waals surface area contributed by atoms with Crippen LogP contribution in [0.15, 0.2) is 30.3 Å². The molecule has 1 aromatic rings. The Morgan fingerprint density at radius 3 is 2.62 bits per heavy atom. The number of aliphatic hydroxyl groups is 1. The minimum Gasteiger partial charge on any atom is -0.444 e. The lowest BCUT2D eigenvalue weighted by atomic mass is 10.2. The van der Waals surface area contributed by atoms with Crippen LogP contribution in [0.4, 0.5) is 4.79 Å². The first-order chi connectivity index (χ1) is 9.99. The van der Waals surface area contributed by atoms with Crippen molar-refractivity contribution in [3.8, 4) is 0 Å². The van der Waals surface area contributed by atoms with E-state index in [1.54, 1.807) is 11.9 Å². The summed E-state index contributed by atoms with van der Waals surface area (Å²) in [5.41, 5.74) is 0.861. The van der Waals surface area contributed by atoms with Crippen molar-refractivity contribution in [1.29, 1.82) is 0 Å². The summed E-state index contributed by atoms with van der Waals surface area (Å²) in [6, 6.07) is 8.79. The van der Waals surface area contributed by atoms with Gasteiger partial charge in [0.2, 0.25) is 5.91 Å². The van der Waals surface area contributed by atoms with Crippen LogP contribution in [0, 0.1) is 0 Å². The van der Waals surface area contributed by atoms with Crippen LogP contribution in [0.25, 0.3) is 0 Å². The van der Waals surface area contributed by atoms with Crippen LogP contribution >= 0.6 is 0 Å². The van der Waals surface area contributed by atoms with Gasteiger partial charge in [0.15, 0.2) is 0 Å². The van der Waals surface area contributed by atoms with Crippen molar-refractivity contribution in [3.63, 3.8) is 0 Å². The molecule has 2 unspecified atom stereocenters. The van der Waals surface area contributed by atoms with Crippen LogP contribution in [0.5, 0.6) is 0 Å². The molecule has 2 rings (SSSR count). The highest BCUT2D eigenvalue weighted by atomic mass is 16.6. The summed E-state index contributed by atoms with van der Waals surface area (Å²) < 4.78 is 5.12. The Labute approximate surface area is 123 Å². The molecule has 2 atom stereocenters. The molecule has 0 aromatic heterocycles. The molecular weight excluding hydrogens is 272 g/mol. The summed E-state index contributed by atoms with van der Waals surface area (Å²) in [5, 5.41) is 9.56. The van der Waals surface area contributed by atoms with Crippen LogP contribution < -0.4 is 0 Å². The van der Waals surface area contributed by atoms with E-state index in [0.717, 1.165) is 10.5 Å². The van der Waals surface area contributed by atoms with E-state index in [-0.39, 0.29) is 12.5 Å². The van der Waals surface area contributed by atoms with Gasteiger partial charge < -0.3 is 9.84 Å². The highest BCUT2D eigenvalue weighted by Gasteiger charge is 2.36. The fourth-order valence-electron chi connectivity index (χ4n) is 2.39. The number of nitrogens with zero attached hydrogens (tertiary/aromatic N) is 2. The lowest BCUT2D eigenvalue weighted by molar-refractivity contribution is -0.132. The van der Waals surface area contributed by atoms with E-state index in [2.05, 4.69) is 0 Å². The average Bonchev–Trinajstić information content (AvgIpc) is 2.83. The van der Waals surface area contributed by atoms with E-state index >= 15 is 0 Å². The number of carbonyl (C=O) groups is 2. The molecule has 1 aromatic carbocycles. The molecule has 1 aliphatic rings. The highest BCUT2D eigenvalue weighted by molar-refractivity contribution is 5.94. The first-order valence-corrected chi connectivity index (χ1v) is 6.85. The third-order valence-electron chi connectivity index (χ3n) is 3.62. The molecule has 21 heavy (non-hydrogen) atoms. The summed E-state index contributed by atoms with van der Waals surface area (Å²) in [4.78, 5) is 26.8. The van der Waals surface area contributed by atoms with Crippen molar-refractivity contribution in [1.82, 2.24) is 9.80 Å². The second-order valence-electron chi connectivity index (χ2n) is 5.28. The van der Waals surface area contributed by atoms with Crippen molar-refractivity contribution < 1.29 is 19.4 Å². The Balaban J connectivity index is 1.88. The maximum absolute atomic E-state index is 12.2. The van der Waals surface area contributed by atoms with Crippen molar-refractivity contribution in [3.05, 3.63) is 35.9 Å². The van der Waals surface area contributed by atoms with Crippen LogP contribution in [0.2, 0.25) is 0 Å². The number of imide groups is 1. The molecule has 0 saturated carbocycles. The van der Waals surface area contributed by atoms with Gasteiger partial charge in [-0.1, -0.05) is 30.3 Å². The lowest BCUT2D eigenvalue weighted by Gasteiger charge is -2.23. The fourth-order valence-corrected chi connectivity index (χ4v) is 2.39. The monoisotopic (exact) mass is 292 g/mol. The first-order valence-electron chi connectivity index (χ1n) is 6.85. The normalized spacial score (nSPS) is 22.0. The average molecular weight is 292 g/mol. The number of hydrogen-bond acceptors (Lipinski definition) is 5. The van der Waals surface area contributed by atoms with E-state index in [0.29, 0.717) is 13.0 Å². The molecule has 0 spiro atoms. The van der Waals surface area contributed by atoms with E-state index in [1.165, 1.54) is 7.05 Å². The van der Waals surface area contributed by atoms with Crippen LogP contribution in [0.1, 0.15) is 12.0 Å². The van der Waals surface area contributed by atoms with Crippen molar-refractivity contribution in [2.75, 3.05) is 20.6 Å². The molecule has 0 aliphatic carbocycles. The number of ether oxygens (including phenoxy) is 1. The number of β-amino-alcohol motifs (C(OH)–C–C–N with tert-alkyl or cyclic N) is 1. The molecule has 114 valence electrons. The van der Waals surface area contributed by atoms with Gasteiger partial charge in [-0.3, -0.25) is 9.69 Å². The molecule has 0 radical (unpaired) electrons. The second kappa shape index (κ2) is 6.69. The Bertz CT molecular complexity index is 506. The van der Waals surface area contributed by atoms with Gasteiger partial charge in [-0.15, -0.1) is 0 Å². The van der Waals surface area contributed by atoms with Crippen LogP contribution in [0.3, 0.4) is 0 Å². The number of aliphatic hydroxyl groups excluding tert-OH is 1. The number of likely N-dealkylation sites (tertiary alicyclic amines) is 1. The largest absolute Gasteiger partial charge is 0.444 e. The maximum Gasteiger partial charge on any atom is 0.416 e. The van der Waals surface area contributed by atoms with Gasteiger partial charge >= 0.3 is 6.09 Å². The third kappa shape index (κ3) is 3.80. The van der Waals surface area contributed by atoms with Gasteiger partial charge in [-0.25, -0.2) is 9.69 Å². The number of likely N-dealkylation sites (N-methyl/N-ethyl adjacent to an activating group) is 2. The maximum atomic E-state index is 12.2. The zero-order valence-corrected chi connectivity index (χ0v) is 12.2. The lowest BCUT2D eigenvalue weighted by Crippen LogP contribution is -2.45. The molecule has 6 nitrogen and oxygen atoms in total. The van der Waals surface area contributed by atoms with Gasteiger partial charge in [-0.05, 0) is 19.0 Å². The smallest absolute Gasteiger partial charge is 0.416 e. The van der Waals surface area contributed by atoms with E-state index in [9.17, 15) is 14.7 Å². The first kappa shape index (κ1) is 15.5. The number of carbonyl (C=O) groups excluding carboxylic acids is 2. The number of benzene rings is 1. The quantitative estimate of drug-likeness (QED) is 0.894. The summed E-state index contributed by atoms with van der Waals surface area (Å²) in [5.74, 6) is -0.355. The van der Waals surface area contributed by atoms with Crippen LogP contribution in [-0.4, -0.2) is 59.7 Å². The molecule has 1 saturated heterocycles. The molecule has 1 heterocycles. The van der Waals surface area contributed by atoms with E-state index in [1.807, 2.05) is 30.3 Å². The molecule has 1 aliphatic heterocycles. The second-order valence-corrected chi connectivity index (χ2v) is 5.28. The van der Waals surface area contributed by atoms with Crippen molar-refractivity contribution in [2.24, 2.45) is 0 Å². The number of hydrogen-bond donors (Lipinski definition) is 1. The van der Waals surface area contributed by atoms with Gasteiger partial charge in [-0.2, -0.15) is 0 Å². The minimum atomic E-state index is -0.682. The number of amides is 2. The van der Waals surface area contributed by atoms with Gasteiger partial charge in [0.05, 0.1) is 12.1 Å². The molecule has 2 amide bonds. The summed E-state index contributed by atoms with van der Waals surface area (Å²) in [7, 11) is 3.15. The van der Waals surface area contributed by atoms with Crippen molar-refractivity contribution in [2.45, 2.75) is 25.2 Å². The van der Waals surface area contributed by atoms with Gasteiger partial charge in [0.1, 0.15) is 6.61 Å². The molecule has 0 bridgehead atoms. The topological polar surface area (TPSA) is 70.1 Å². The Kier molecular flexibility index (Phi) is 4.93. The highest BCUT2D eigenvalue weighted by Crippen LogP contribution is 2.18. The standard InChI is InChI=1S/C15H20N2O4/c1-16-9-12(18)8-13(16)14(19)17(2)15(20)21-10-11-6-4-3-5-7-11/h3-7,12-13,18H,8-10H2,1-2H3. The predicted molar refractivity (Wildman–Crippen MR) is 76.4 cm³/mol. The Hall–Kier alpha value is -1.92. The van der Waals surface area contributed by atoms with E-state index < -0.39 is 18.2 Å². The van der Waals surface area contributed by atoms with Crippen molar-refractivity contribution >= 4 is 12.0 Å². The Morgan fingerprint density at radius 1 is 1.38 bits per heavy atom. The Morgan fingerprint density at radius 2 is 2.05 bits per heavy atom. The minimum absolute atomic E-state index is 0.125. The summed E-state index contributed by atoms with van der Waals surface area (Å²) in [6.07, 6.45) is -0.873. The molecule has 1 fully saturated rings. The van der Waals surface area contributed by atoms with E-state index in [4.69, 9.17) is 4.74 Å². The zero-order valence-electron chi connectivity index (χ0n) is 12.2. The molecule has 6 heteroatoms. The summed E-state index contributed by atoms with van der Waals surface area (Å²) in [6.45, 7) is 0.559. The predicted octanol–water partition coefficient (Wildman–Crippen LogP) is 0.847. The summed E-state index contributed by atoms with van der Waals surface area (Å²) >= 11 is 0. The third-order valence-corrected chi connectivity index (χ3v) is 3.62. The van der Waals surface area contributed by atoms with Gasteiger partial charge in [0.25, 0.3) is 0 Å². The fraction of sp³-hybridized carbons (Fsp3) is 0.467. The number of rotatable bonds is 3. The van der Waals surface area contributed by atoms with Crippen LogP contribution in [-0.2, 0) is 16.1 Å².